The molecule has 5 aliphatic heterocycles. The Morgan fingerprint density at radius 3 is 1.02 bits per heavy atom. The van der Waals surface area contributed by atoms with E-state index in [9.17, 15) is 0 Å². The largest absolute Gasteiger partial charge is 0.353 e. The number of fused-ring (bicyclic) bond motifs is 5. The zero-order valence-electron chi connectivity index (χ0n) is 63.1. The number of hydrogen-bond donors (Lipinski definition) is 0. The molecule has 528 valence electrons. The standard InChI is InChI=1S/C25H28N2.C20H19N3.C16H18N2.C15H17N3.C14H16N4/c1-18-11-9-10-14-22(18)27-19(2)26(21-12-7-6-8-13-21)23-16-15-20(17-24(23)27)25(3,4)5;1-15-9-6-7-12-18(15)23-16(2)22(17-10-4-3-5-11-17)19-13-8-14-21-20(19)23;1-12-8-4-5-9-14(12)18-13(2)17(3)15-10-6-7-11-16(15)18;1-11-7-4-5-8-13(11)18-12(2)17(3)15-14(18)9-6-10-16-15;1-10-6-4-5-7-12(10)18-11(2)17(3)13-14(18)16-9-8-15-13/h6-17,19H,1-5H3;3-14,16H,1-2H3;4-11,13H,1-3H3;4-10,12H,1-3H3;4-9,11H,1-3H3. The summed E-state index contributed by atoms with van der Waals surface area (Å²) in [6.45, 7) is 28.7. The molecule has 0 aliphatic carbocycles. The van der Waals surface area contributed by atoms with E-state index in [-0.39, 0.29) is 30.1 Å². The molecule has 5 unspecified atom stereocenters. The lowest BCUT2D eigenvalue weighted by atomic mass is 9.86. The lowest BCUT2D eigenvalue weighted by Crippen LogP contribution is -2.36. The first-order chi connectivity index (χ1) is 50.2. The molecule has 0 bridgehead atoms. The smallest absolute Gasteiger partial charge is 0.178 e. The van der Waals surface area contributed by atoms with E-state index >= 15 is 0 Å². The molecule has 0 fully saturated rings. The van der Waals surface area contributed by atoms with Crippen molar-refractivity contribution in [2.45, 2.75) is 126 Å². The van der Waals surface area contributed by atoms with Crippen LogP contribution in [0.3, 0.4) is 0 Å². The first kappa shape index (κ1) is 70.8. The maximum absolute atomic E-state index is 4.67. The van der Waals surface area contributed by atoms with Gasteiger partial charge in [0.25, 0.3) is 0 Å². The summed E-state index contributed by atoms with van der Waals surface area (Å²) < 4.78 is 0. The molecule has 0 saturated heterocycles. The molecule has 14 heteroatoms. The van der Waals surface area contributed by atoms with E-state index in [4.69, 9.17) is 0 Å². The number of hydrogen-bond acceptors (Lipinski definition) is 14. The van der Waals surface area contributed by atoms with E-state index in [2.05, 4.69) is 411 Å². The molecule has 5 aliphatic rings. The van der Waals surface area contributed by atoms with Gasteiger partial charge in [0.2, 0.25) is 0 Å². The maximum Gasteiger partial charge on any atom is 0.178 e. The van der Waals surface area contributed by atoms with Gasteiger partial charge in [-0.15, -0.1) is 0 Å². The van der Waals surface area contributed by atoms with E-state index in [1.54, 1.807) is 12.4 Å². The minimum atomic E-state index is 0.121. The van der Waals surface area contributed by atoms with Crippen molar-refractivity contribution in [1.82, 2.24) is 19.9 Å². The molecular weight excluding hydrogens is 1280 g/mol. The van der Waals surface area contributed by atoms with Crippen molar-refractivity contribution in [3.8, 4) is 0 Å². The summed E-state index contributed by atoms with van der Waals surface area (Å²) in [5, 5.41) is 0. The van der Waals surface area contributed by atoms with Gasteiger partial charge < -0.3 is 49.0 Å². The molecule has 0 spiro atoms. The fourth-order valence-electron chi connectivity index (χ4n) is 15.1. The van der Waals surface area contributed by atoms with E-state index in [1.807, 2.05) is 30.6 Å². The van der Waals surface area contributed by atoms with Gasteiger partial charge in [-0.3, -0.25) is 0 Å². The molecule has 5 atom stereocenters. The molecule has 12 aromatic rings. The van der Waals surface area contributed by atoms with Gasteiger partial charge in [-0.1, -0.05) is 166 Å². The van der Waals surface area contributed by atoms with Crippen molar-refractivity contribution in [2.75, 3.05) is 70.1 Å². The number of anilines is 17. The third-order valence-corrected chi connectivity index (χ3v) is 21.0. The zero-order chi connectivity index (χ0) is 73.1. The predicted octanol–water partition coefficient (Wildman–Crippen LogP) is 21.9. The van der Waals surface area contributed by atoms with Gasteiger partial charge in [0, 0.05) is 85.7 Å². The highest BCUT2D eigenvalue weighted by atomic mass is 15.5. The minimum absolute atomic E-state index is 0.121. The zero-order valence-corrected chi connectivity index (χ0v) is 63.1. The number of aryl methyl sites for hydroxylation is 5. The Morgan fingerprint density at radius 2 is 0.548 bits per heavy atom. The van der Waals surface area contributed by atoms with E-state index in [1.165, 1.54) is 102 Å². The topological polar surface area (TPSA) is 84.0 Å². The van der Waals surface area contributed by atoms with E-state index in [0.717, 1.165) is 29.0 Å². The van der Waals surface area contributed by atoms with Crippen molar-refractivity contribution in [3.05, 3.63) is 307 Å². The molecular formula is C90H98N14. The molecule has 14 nitrogen and oxygen atoms in total. The summed E-state index contributed by atoms with van der Waals surface area (Å²) in [7, 11) is 6.30. The number of aromatic nitrogens is 4. The highest BCUT2D eigenvalue weighted by molar-refractivity contribution is 5.91. The van der Waals surface area contributed by atoms with Crippen LogP contribution in [0.2, 0.25) is 0 Å². The summed E-state index contributed by atoms with van der Waals surface area (Å²) >= 11 is 0. The molecule has 0 saturated carbocycles. The fourth-order valence-corrected chi connectivity index (χ4v) is 15.1. The van der Waals surface area contributed by atoms with Gasteiger partial charge in [-0.05, 0) is 211 Å². The van der Waals surface area contributed by atoms with Crippen LogP contribution in [0.4, 0.5) is 97.2 Å². The molecule has 9 aromatic carbocycles. The predicted molar refractivity (Wildman–Crippen MR) is 438 cm³/mol. The molecule has 104 heavy (non-hydrogen) atoms. The Kier molecular flexibility index (Phi) is 20.5. The van der Waals surface area contributed by atoms with Gasteiger partial charge in [-0.2, -0.15) is 0 Å². The molecule has 0 radical (unpaired) electrons. The Hall–Kier alpha value is -11.6. The van der Waals surface area contributed by atoms with Crippen molar-refractivity contribution in [2.24, 2.45) is 0 Å². The Morgan fingerprint density at radius 1 is 0.240 bits per heavy atom. The first-order valence-electron chi connectivity index (χ1n) is 36.3. The van der Waals surface area contributed by atoms with Crippen LogP contribution < -0.4 is 49.0 Å². The average Bonchev–Trinajstić information content (AvgIpc) is 1.61. The number of nitrogens with zero attached hydrogens (tertiary/aromatic N) is 14. The highest BCUT2D eigenvalue weighted by Crippen LogP contribution is 2.52. The molecule has 0 amide bonds. The number of para-hydroxylation sites is 9. The number of pyridine rings is 2. The monoisotopic (exact) mass is 1370 g/mol. The second-order valence-corrected chi connectivity index (χ2v) is 28.5. The average molecular weight is 1380 g/mol. The molecule has 8 heterocycles. The second kappa shape index (κ2) is 30.1. The van der Waals surface area contributed by atoms with Gasteiger partial charge in [0.15, 0.2) is 23.3 Å². The van der Waals surface area contributed by atoms with E-state index < -0.39 is 0 Å². The molecule has 17 rings (SSSR count). The summed E-state index contributed by atoms with van der Waals surface area (Å²) in [4.78, 5) is 41.3. The third-order valence-electron chi connectivity index (χ3n) is 21.0. The van der Waals surface area contributed by atoms with Crippen molar-refractivity contribution in [1.29, 1.82) is 0 Å². The van der Waals surface area contributed by atoms with Crippen LogP contribution >= 0.6 is 0 Å². The SMILES string of the molecule is Cc1ccccc1N1c2cc(C(C)(C)C)ccc2N(c2ccccc2)C1C.Cc1ccccc1N1c2ccccc2N(C)C1C.Cc1ccccc1N1c2cccnc2N(C)C1C.Cc1ccccc1N1c2ncccc2N(c2ccccc2)C1C.Cc1ccccc1N1c2nccnc2N(C)C1C. The van der Waals surface area contributed by atoms with Crippen LogP contribution in [0.25, 0.3) is 0 Å². The van der Waals surface area contributed by atoms with Crippen molar-refractivity contribution in [3.63, 3.8) is 0 Å². The minimum Gasteiger partial charge on any atom is -0.353 e. The Labute approximate surface area is 617 Å². The van der Waals surface area contributed by atoms with Gasteiger partial charge in [0.1, 0.15) is 30.8 Å². The quantitative estimate of drug-likeness (QED) is 0.152. The highest BCUT2D eigenvalue weighted by Gasteiger charge is 2.40. The second-order valence-electron chi connectivity index (χ2n) is 28.5. The summed E-state index contributed by atoms with van der Waals surface area (Å²) in [6.07, 6.45) is 8.44. The summed E-state index contributed by atoms with van der Waals surface area (Å²) in [6, 6.07) is 87.6. The number of rotatable bonds is 7. The van der Waals surface area contributed by atoms with E-state index in [0.29, 0.717) is 6.17 Å². The van der Waals surface area contributed by atoms with Crippen molar-refractivity contribution >= 4 is 97.2 Å². The van der Waals surface area contributed by atoms with Crippen LogP contribution in [0.15, 0.2) is 274 Å². The van der Waals surface area contributed by atoms with Crippen LogP contribution in [-0.2, 0) is 5.41 Å². The lowest BCUT2D eigenvalue weighted by molar-refractivity contribution is 0.590. The van der Waals surface area contributed by atoms with Gasteiger partial charge >= 0.3 is 0 Å². The summed E-state index contributed by atoms with van der Waals surface area (Å²) in [5.74, 6) is 3.93. The van der Waals surface area contributed by atoms with Crippen molar-refractivity contribution < 1.29 is 0 Å². The first-order valence-corrected chi connectivity index (χ1v) is 36.3. The van der Waals surface area contributed by atoms with Crippen LogP contribution in [0, 0.1) is 34.6 Å². The normalized spacial score (nSPS) is 17.3. The molecule has 3 aromatic heterocycles. The number of benzene rings is 9. The Bertz CT molecular complexity index is 4690. The molecule has 0 N–H and O–H groups in total. The lowest BCUT2D eigenvalue weighted by Gasteiger charge is -2.31. The van der Waals surface area contributed by atoms with Crippen LogP contribution in [-0.4, -0.2) is 71.9 Å². The van der Waals surface area contributed by atoms with Gasteiger partial charge in [0.05, 0.1) is 34.1 Å². The third kappa shape index (κ3) is 13.6. The maximum atomic E-state index is 4.67. The Balaban J connectivity index is 0.000000117. The van der Waals surface area contributed by atoms with Gasteiger partial charge in [-0.25, -0.2) is 19.9 Å². The van der Waals surface area contributed by atoms with Crippen LogP contribution in [0.1, 0.15) is 88.8 Å². The summed E-state index contributed by atoms with van der Waals surface area (Å²) in [5.41, 5.74) is 24.0. The fraction of sp³-hybridized carbons (Fsp3) is 0.244. The van der Waals surface area contributed by atoms with Crippen LogP contribution in [0.5, 0.6) is 0 Å².